The van der Waals surface area contributed by atoms with Gasteiger partial charge in [0.15, 0.2) is 0 Å². The van der Waals surface area contributed by atoms with Crippen LogP contribution in [0.3, 0.4) is 0 Å². The largest absolute Gasteiger partial charge is 0.343 e. The van der Waals surface area contributed by atoms with Crippen LogP contribution in [0.15, 0.2) is 12.2 Å². The van der Waals surface area contributed by atoms with Crippen molar-refractivity contribution in [2.24, 2.45) is 5.73 Å². The molecule has 2 atom stereocenters. The Hall–Kier alpha value is -0.480. The molecule has 3 nitrogen and oxygen atoms in total. The van der Waals surface area contributed by atoms with Crippen molar-refractivity contribution in [3.63, 3.8) is 0 Å². The van der Waals surface area contributed by atoms with Gasteiger partial charge in [-0.05, 0) is 31.4 Å². The van der Waals surface area contributed by atoms with Gasteiger partial charge in [-0.25, -0.2) is 0 Å². The van der Waals surface area contributed by atoms with Crippen LogP contribution in [-0.4, -0.2) is 23.1 Å². The summed E-state index contributed by atoms with van der Waals surface area (Å²) in [5, 5.41) is 3.06. The molecule has 0 aromatic carbocycles. The average Bonchev–Trinajstić information content (AvgIpc) is 2.18. The lowest BCUT2D eigenvalue weighted by molar-refractivity contribution is 0.253. The third kappa shape index (κ3) is 4.71. The van der Waals surface area contributed by atoms with E-state index in [1.54, 1.807) is 0 Å². The zero-order chi connectivity index (χ0) is 11.1. The Morgan fingerprint density at radius 2 is 2.13 bits per heavy atom. The number of amides is 1. The first-order chi connectivity index (χ1) is 7.24. The molecule has 0 aliphatic heterocycles. The van der Waals surface area contributed by atoms with Crippen LogP contribution in [0.5, 0.6) is 0 Å². The number of nitrogens with two attached hydrogens (primary N) is 1. The molecule has 4 heteroatoms. The second kappa shape index (κ2) is 6.90. The van der Waals surface area contributed by atoms with E-state index in [1.165, 1.54) is 11.8 Å². The Morgan fingerprint density at radius 1 is 1.47 bits per heavy atom. The van der Waals surface area contributed by atoms with Crippen LogP contribution >= 0.6 is 11.8 Å². The van der Waals surface area contributed by atoms with E-state index in [4.69, 9.17) is 5.73 Å². The van der Waals surface area contributed by atoms with Gasteiger partial charge in [0.2, 0.25) is 0 Å². The summed E-state index contributed by atoms with van der Waals surface area (Å²) in [7, 11) is 0. The van der Waals surface area contributed by atoms with Gasteiger partial charge < -0.3 is 11.1 Å². The highest BCUT2D eigenvalue weighted by Crippen LogP contribution is 2.13. The summed E-state index contributed by atoms with van der Waals surface area (Å²) >= 11 is 1.32. The lowest BCUT2D eigenvalue weighted by Gasteiger charge is -2.25. The normalized spacial score (nSPS) is 28.9. The van der Waals surface area contributed by atoms with Gasteiger partial charge in [-0.2, -0.15) is 0 Å². The number of carbonyl (C=O) groups is 1. The maximum absolute atomic E-state index is 11.4. The minimum absolute atomic E-state index is 0.0579. The molecule has 1 aliphatic carbocycles. The summed E-state index contributed by atoms with van der Waals surface area (Å²) in [4.78, 5) is 11.4. The number of rotatable bonds is 2. The summed E-state index contributed by atoms with van der Waals surface area (Å²) in [5.41, 5.74) is 6.04. The Morgan fingerprint density at radius 3 is 2.80 bits per heavy atom. The minimum Gasteiger partial charge on any atom is -0.343 e. The van der Waals surface area contributed by atoms with Gasteiger partial charge in [0.1, 0.15) is 0 Å². The number of allylic oxidation sites excluding steroid dienone is 2. The molecule has 86 valence electrons. The zero-order valence-electron chi connectivity index (χ0n) is 9.24. The molecular formula is C11H20N2OS. The van der Waals surface area contributed by atoms with Crippen molar-refractivity contribution < 1.29 is 4.79 Å². The summed E-state index contributed by atoms with van der Waals surface area (Å²) in [6.07, 6.45) is 8.30. The maximum Gasteiger partial charge on any atom is 0.279 e. The Kier molecular flexibility index (Phi) is 5.79. The number of hydrogen-bond acceptors (Lipinski definition) is 3. The summed E-state index contributed by atoms with van der Waals surface area (Å²) in [5.74, 6) is 0.813. The topological polar surface area (TPSA) is 55.1 Å². The second-order valence-corrected chi connectivity index (χ2v) is 5.00. The fraction of sp³-hybridized carbons (Fsp3) is 0.727. The van der Waals surface area contributed by atoms with Crippen LogP contribution in [0, 0.1) is 0 Å². The fourth-order valence-corrected chi connectivity index (χ4v) is 2.22. The first kappa shape index (κ1) is 12.6. The lowest BCUT2D eigenvalue weighted by atomic mass is 9.96. The number of hydrogen-bond donors (Lipinski definition) is 2. The van der Waals surface area contributed by atoms with Gasteiger partial charge in [0.05, 0.1) is 0 Å². The second-order valence-electron chi connectivity index (χ2n) is 3.76. The van der Waals surface area contributed by atoms with Crippen molar-refractivity contribution in [3.05, 3.63) is 12.2 Å². The van der Waals surface area contributed by atoms with Gasteiger partial charge >= 0.3 is 0 Å². The Bertz CT molecular complexity index is 231. The van der Waals surface area contributed by atoms with Gasteiger partial charge in [0.25, 0.3) is 5.24 Å². The van der Waals surface area contributed by atoms with Crippen LogP contribution in [0.25, 0.3) is 0 Å². The fourth-order valence-electron chi connectivity index (χ4n) is 1.72. The van der Waals surface area contributed by atoms with Gasteiger partial charge in [-0.3, -0.25) is 4.79 Å². The van der Waals surface area contributed by atoms with E-state index in [1.807, 2.05) is 6.92 Å². The smallest absolute Gasteiger partial charge is 0.279 e. The third-order valence-corrected chi connectivity index (χ3v) is 3.24. The summed E-state index contributed by atoms with van der Waals surface area (Å²) in [6, 6.07) is 0.234. The number of thioether (sulfide) groups is 1. The van der Waals surface area contributed by atoms with E-state index in [2.05, 4.69) is 17.5 Å². The molecular weight excluding hydrogens is 208 g/mol. The lowest BCUT2D eigenvalue weighted by Crippen LogP contribution is -2.46. The molecule has 0 aromatic rings. The monoisotopic (exact) mass is 228 g/mol. The predicted octanol–water partition coefficient (Wildman–Crippen LogP) is 2.28. The molecule has 0 spiro atoms. The van der Waals surface area contributed by atoms with Crippen molar-refractivity contribution >= 4 is 17.0 Å². The highest BCUT2D eigenvalue weighted by molar-refractivity contribution is 8.13. The third-order valence-electron chi connectivity index (χ3n) is 2.57. The molecule has 0 saturated heterocycles. The summed E-state index contributed by atoms with van der Waals surface area (Å²) in [6.45, 7) is 1.98. The standard InChI is InChI=1S/C11H20N2OS/c1-2-15-11(14)13-10-8-6-4-3-5-7-9(10)12/h3-4,9-10H,2,5-8,12H2,1H3,(H,13,14)/b4-3+/t9-,10-/m1/s1. The first-order valence-electron chi connectivity index (χ1n) is 5.58. The Labute approximate surface area is 95.9 Å². The van der Waals surface area contributed by atoms with E-state index >= 15 is 0 Å². The SMILES string of the molecule is CCSC(=O)N[C@@H]1CC/C=C/CC[C@H]1N. The molecule has 1 amide bonds. The van der Waals surface area contributed by atoms with Crippen LogP contribution in [0.2, 0.25) is 0 Å². The molecule has 0 heterocycles. The average molecular weight is 228 g/mol. The molecule has 1 aliphatic rings. The van der Waals surface area contributed by atoms with Crippen LogP contribution < -0.4 is 11.1 Å². The van der Waals surface area contributed by atoms with Crippen LogP contribution in [-0.2, 0) is 0 Å². The molecule has 0 fully saturated rings. The quantitative estimate of drug-likeness (QED) is 0.713. The van der Waals surface area contributed by atoms with Crippen molar-refractivity contribution in [1.82, 2.24) is 5.32 Å². The van der Waals surface area contributed by atoms with E-state index in [0.717, 1.165) is 31.4 Å². The summed E-state index contributed by atoms with van der Waals surface area (Å²) < 4.78 is 0. The number of carbonyl (C=O) groups excluding carboxylic acids is 1. The highest BCUT2D eigenvalue weighted by atomic mass is 32.2. The number of nitrogens with one attached hydrogen (secondary N) is 1. The maximum atomic E-state index is 11.4. The molecule has 0 radical (unpaired) electrons. The van der Waals surface area contributed by atoms with E-state index < -0.39 is 0 Å². The van der Waals surface area contributed by atoms with Crippen molar-refractivity contribution in [3.8, 4) is 0 Å². The van der Waals surface area contributed by atoms with E-state index in [9.17, 15) is 4.79 Å². The molecule has 15 heavy (non-hydrogen) atoms. The predicted molar refractivity (Wildman–Crippen MR) is 66.0 cm³/mol. The van der Waals surface area contributed by atoms with Gasteiger partial charge in [0, 0.05) is 12.1 Å². The van der Waals surface area contributed by atoms with Crippen molar-refractivity contribution in [2.75, 3.05) is 5.75 Å². The van der Waals surface area contributed by atoms with Crippen molar-refractivity contribution in [2.45, 2.75) is 44.7 Å². The molecule has 3 N–H and O–H groups in total. The molecule has 0 bridgehead atoms. The Balaban J connectivity index is 2.43. The molecule has 1 rings (SSSR count). The van der Waals surface area contributed by atoms with Gasteiger partial charge in [-0.15, -0.1) is 0 Å². The molecule has 0 aromatic heterocycles. The zero-order valence-corrected chi connectivity index (χ0v) is 10.1. The molecule has 0 saturated carbocycles. The van der Waals surface area contributed by atoms with E-state index in [-0.39, 0.29) is 17.3 Å². The minimum atomic E-state index is 0.0579. The van der Waals surface area contributed by atoms with E-state index in [0.29, 0.717) is 0 Å². The van der Waals surface area contributed by atoms with Crippen molar-refractivity contribution in [1.29, 1.82) is 0 Å². The van der Waals surface area contributed by atoms with Crippen LogP contribution in [0.1, 0.15) is 32.6 Å². The highest BCUT2D eigenvalue weighted by Gasteiger charge is 2.19. The first-order valence-corrected chi connectivity index (χ1v) is 6.56. The molecule has 0 unspecified atom stereocenters. The van der Waals surface area contributed by atoms with Crippen LogP contribution in [0.4, 0.5) is 4.79 Å². The van der Waals surface area contributed by atoms with Gasteiger partial charge in [-0.1, -0.05) is 30.8 Å².